The highest BCUT2D eigenvalue weighted by molar-refractivity contribution is 6.46. The van der Waals surface area contributed by atoms with Crippen molar-refractivity contribution in [1.29, 1.82) is 0 Å². The predicted molar refractivity (Wildman–Crippen MR) is 122 cm³/mol. The lowest BCUT2D eigenvalue weighted by Gasteiger charge is -2.32. The van der Waals surface area contributed by atoms with Gasteiger partial charge in [-0.15, -0.1) is 0 Å². The molecule has 0 spiro atoms. The number of aliphatic imine (C=N–C) groups is 1. The molecule has 32 heavy (non-hydrogen) atoms. The van der Waals surface area contributed by atoms with Gasteiger partial charge in [0.05, 0.1) is 12.1 Å². The van der Waals surface area contributed by atoms with E-state index in [-0.39, 0.29) is 35.6 Å². The lowest BCUT2D eigenvalue weighted by atomic mass is 9.72. The van der Waals surface area contributed by atoms with Crippen LogP contribution in [-0.4, -0.2) is 84.1 Å². The third-order valence-electron chi connectivity index (χ3n) is 5.64. The summed E-state index contributed by atoms with van der Waals surface area (Å²) in [6, 6.07) is 5.38. The number of nitrogens with one attached hydrogen (secondary N) is 2. The van der Waals surface area contributed by atoms with E-state index in [0.29, 0.717) is 31.0 Å². The number of benzene rings is 1. The van der Waals surface area contributed by atoms with Crippen LogP contribution in [0.3, 0.4) is 0 Å². The number of carboxylic acids is 1. The van der Waals surface area contributed by atoms with Gasteiger partial charge in [-0.05, 0) is 24.5 Å². The van der Waals surface area contributed by atoms with Crippen molar-refractivity contribution in [2.75, 3.05) is 26.2 Å². The van der Waals surface area contributed by atoms with E-state index in [9.17, 15) is 19.7 Å². The molecule has 10 nitrogen and oxygen atoms in total. The van der Waals surface area contributed by atoms with Gasteiger partial charge in [0.15, 0.2) is 0 Å². The Labute approximate surface area is 188 Å². The fraction of sp³-hybridized carbons (Fsp3) is 0.571. The lowest BCUT2D eigenvalue weighted by Crippen LogP contribution is -2.50. The topological polar surface area (TPSA) is 150 Å². The zero-order chi connectivity index (χ0) is 23.3. The second kappa shape index (κ2) is 10.8. The van der Waals surface area contributed by atoms with Crippen LogP contribution < -0.4 is 21.0 Å². The number of amides is 1. The molecule has 2 aliphatic heterocycles. The van der Waals surface area contributed by atoms with Crippen LogP contribution in [0.1, 0.15) is 42.6 Å². The normalized spacial score (nSPS) is 21.5. The Kier molecular flexibility index (Phi) is 8.11. The first-order valence-electron chi connectivity index (χ1n) is 11.0. The van der Waals surface area contributed by atoms with Crippen LogP contribution in [0.15, 0.2) is 23.2 Å². The van der Waals surface area contributed by atoms with Crippen LogP contribution in [0, 0.1) is 0 Å². The molecular formula is C21H32BN5O5. The minimum absolute atomic E-state index is 0.000911. The molecule has 0 bridgehead atoms. The van der Waals surface area contributed by atoms with Gasteiger partial charge >= 0.3 is 13.1 Å². The maximum Gasteiger partial charge on any atom is 0.549 e. The molecule has 1 fully saturated rings. The van der Waals surface area contributed by atoms with E-state index in [1.807, 2.05) is 0 Å². The number of hydrogen-bond donors (Lipinski definition) is 5. The number of carbonyl (C=O) groups is 2. The summed E-state index contributed by atoms with van der Waals surface area (Å²) in [6.45, 7) is 6.63. The molecule has 1 aromatic rings. The van der Waals surface area contributed by atoms with Gasteiger partial charge in [0.2, 0.25) is 5.91 Å². The Bertz CT molecular complexity index is 865. The summed E-state index contributed by atoms with van der Waals surface area (Å²) in [6.07, 6.45) is 1.54. The van der Waals surface area contributed by atoms with Crippen LogP contribution in [0.4, 0.5) is 0 Å². The smallest absolute Gasteiger partial charge is 0.534 e. The quantitative estimate of drug-likeness (QED) is 0.150. The maximum absolute atomic E-state index is 12.5. The standard InChI is InChI=1S/C21H32BN5O5/c1-13(2)24-7-8-25-15-6-9-27(19(28)11-15)12-18(23)26-17-10-14-4-3-5-16(21(29)30)20(14)32-22(17)31/h3-5,13,15,17,24-25,31H,6-12H2,1-2H3,(H2,23,26)(H,29,30). The van der Waals surface area contributed by atoms with Crippen molar-refractivity contribution in [2.45, 2.75) is 51.1 Å². The zero-order valence-electron chi connectivity index (χ0n) is 18.6. The van der Waals surface area contributed by atoms with E-state index in [4.69, 9.17) is 10.4 Å². The van der Waals surface area contributed by atoms with Crippen molar-refractivity contribution in [3.8, 4) is 5.75 Å². The second-order valence-corrected chi connectivity index (χ2v) is 8.57. The summed E-state index contributed by atoms with van der Waals surface area (Å²) in [4.78, 5) is 29.9. The van der Waals surface area contributed by atoms with Crippen LogP contribution in [0.2, 0.25) is 0 Å². The number of para-hydroxylation sites is 1. The van der Waals surface area contributed by atoms with Gasteiger partial charge in [-0.2, -0.15) is 0 Å². The monoisotopic (exact) mass is 445 g/mol. The largest absolute Gasteiger partial charge is 0.549 e. The SMILES string of the molecule is CC(C)NCCNC1CCN(CC(N)=NC2Cc3cccc(C(=O)O)c3OB2O)C(=O)C1. The van der Waals surface area contributed by atoms with E-state index >= 15 is 0 Å². The van der Waals surface area contributed by atoms with E-state index in [1.54, 1.807) is 17.0 Å². The number of piperidine rings is 1. The lowest BCUT2D eigenvalue weighted by molar-refractivity contribution is -0.133. The summed E-state index contributed by atoms with van der Waals surface area (Å²) in [5, 5.41) is 26.4. The van der Waals surface area contributed by atoms with Gasteiger partial charge in [0.1, 0.15) is 17.5 Å². The molecule has 3 rings (SSSR count). The summed E-state index contributed by atoms with van der Waals surface area (Å²) in [5.74, 6) is -1.39. The van der Waals surface area contributed by atoms with Crippen molar-refractivity contribution in [2.24, 2.45) is 10.7 Å². The summed E-state index contributed by atoms with van der Waals surface area (Å²) in [5.41, 5.74) is 6.73. The predicted octanol–water partition coefficient (Wildman–Crippen LogP) is -0.356. The molecule has 6 N–H and O–H groups in total. The average Bonchev–Trinajstić information content (AvgIpc) is 2.73. The van der Waals surface area contributed by atoms with Crippen molar-refractivity contribution < 1.29 is 24.4 Å². The molecule has 0 aliphatic carbocycles. The van der Waals surface area contributed by atoms with Crippen LogP contribution in [0.5, 0.6) is 5.75 Å². The average molecular weight is 445 g/mol. The van der Waals surface area contributed by atoms with Crippen molar-refractivity contribution >= 4 is 24.8 Å². The van der Waals surface area contributed by atoms with Crippen molar-refractivity contribution in [3.05, 3.63) is 29.3 Å². The maximum atomic E-state index is 12.5. The zero-order valence-corrected chi connectivity index (χ0v) is 18.6. The third-order valence-corrected chi connectivity index (χ3v) is 5.64. The minimum Gasteiger partial charge on any atom is -0.534 e. The third kappa shape index (κ3) is 6.21. The van der Waals surface area contributed by atoms with Gasteiger partial charge in [-0.3, -0.25) is 9.79 Å². The number of nitrogens with zero attached hydrogens (tertiary/aromatic N) is 2. The van der Waals surface area contributed by atoms with E-state index in [1.165, 1.54) is 6.07 Å². The first-order valence-corrected chi connectivity index (χ1v) is 11.0. The van der Waals surface area contributed by atoms with Crippen molar-refractivity contribution in [3.63, 3.8) is 0 Å². The fourth-order valence-electron chi connectivity index (χ4n) is 3.99. The summed E-state index contributed by atoms with van der Waals surface area (Å²) < 4.78 is 5.44. The summed E-state index contributed by atoms with van der Waals surface area (Å²) >= 11 is 0. The Morgan fingerprint density at radius 3 is 2.84 bits per heavy atom. The highest BCUT2D eigenvalue weighted by atomic mass is 16.5. The molecule has 1 amide bonds. The molecule has 2 aliphatic rings. The molecule has 2 atom stereocenters. The fourth-order valence-corrected chi connectivity index (χ4v) is 3.99. The molecule has 0 saturated carbocycles. The van der Waals surface area contributed by atoms with Gasteiger partial charge < -0.3 is 36.1 Å². The van der Waals surface area contributed by atoms with Crippen molar-refractivity contribution in [1.82, 2.24) is 15.5 Å². The van der Waals surface area contributed by atoms with Gasteiger partial charge in [0.25, 0.3) is 0 Å². The number of fused-ring (bicyclic) bond motifs is 1. The second-order valence-electron chi connectivity index (χ2n) is 8.57. The molecule has 1 aromatic carbocycles. The Hall–Kier alpha value is -2.63. The first kappa shape index (κ1) is 24.0. The number of amidine groups is 1. The number of likely N-dealkylation sites (tertiary alicyclic amines) is 1. The Morgan fingerprint density at radius 2 is 2.16 bits per heavy atom. The molecule has 0 aromatic heterocycles. The van der Waals surface area contributed by atoms with Gasteiger partial charge in [-0.1, -0.05) is 26.0 Å². The molecule has 11 heteroatoms. The highest BCUT2D eigenvalue weighted by Crippen LogP contribution is 2.31. The minimum atomic E-state index is -1.31. The number of rotatable bonds is 9. The number of nitrogens with two attached hydrogens (primary N) is 1. The molecule has 0 radical (unpaired) electrons. The number of carboxylic acid groups (broad SMARTS) is 1. The Morgan fingerprint density at radius 1 is 1.38 bits per heavy atom. The molecular weight excluding hydrogens is 413 g/mol. The van der Waals surface area contributed by atoms with E-state index < -0.39 is 19.0 Å². The molecule has 2 heterocycles. The molecule has 174 valence electrons. The van der Waals surface area contributed by atoms with Crippen LogP contribution in [0.25, 0.3) is 0 Å². The molecule has 1 saturated heterocycles. The van der Waals surface area contributed by atoms with Crippen LogP contribution in [-0.2, 0) is 11.2 Å². The summed E-state index contributed by atoms with van der Waals surface area (Å²) in [7, 11) is -1.31. The number of carbonyl (C=O) groups excluding carboxylic acids is 1. The molecule has 2 unspecified atom stereocenters. The van der Waals surface area contributed by atoms with E-state index in [2.05, 4.69) is 29.5 Å². The number of hydrogen-bond acceptors (Lipinski definition) is 7. The highest BCUT2D eigenvalue weighted by Gasteiger charge is 2.37. The Balaban J connectivity index is 1.53. The first-order chi connectivity index (χ1) is 15.2. The number of aromatic carboxylic acids is 1. The van der Waals surface area contributed by atoms with Crippen LogP contribution >= 0.6 is 0 Å². The van der Waals surface area contributed by atoms with Gasteiger partial charge in [-0.25, -0.2) is 4.79 Å². The van der Waals surface area contributed by atoms with E-state index in [0.717, 1.165) is 19.5 Å². The van der Waals surface area contributed by atoms with Gasteiger partial charge in [0, 0.05) is 38.1 Å².